The van der Waals surface area contributed by atoms with E-state index in [0.717, 1.165) is 31.2 Å². The Labute approximate surface area is 155 Å². The number of ether oxygens (including phenoxy) is 5. The van der Waals surface area contributed by atoms with Gasteiger partial charge in [-0.2, -0.15) is 0 Å². The third kappa shape index (κ3) is 7.19. The molecule has 0 heterocycles. The van der Waals surface area contributed by atoms with Gasteiger partial charge in [0.25, 0.3) is 0 Å². The maximum absolute atomic E-state index is 12.2. The SMILES string of the molecule is CCCCC[C@H](O)Cc1cc(OCOC)c(C(=O)OC)c(OCOC)c1. The van der Waals surface area contributed by atoms with Gasteiger partial charge < -0.3 is 28.8 Å². The van der Waals surface area contributed by atoms with Gasteiger partial charge in [0.2, 0.25) is 0 Å². The number of methoxy groups -OCH3 is 3. The molecular formula is C19H30O7. The molecular weight excluding hydrogens is 340 g/mol. The van der Waals surface area contributed by atoms with E-state index in [-0.39, 0.29) is 30.6 Å². The number of esters is 1. The van der Waals surface area contributed by atoms with Gasteiger partial charge in [-0.05, 0) is 30.5 Å². The van der Waals surface area contributed by atoms with Crippen molar-refractivity contribution >= 4 is 5.97 Å². The molecule has 0 radical (unpaired) electrons. The summed E-state index contributed by atoms with van der Waals surface area (Å²) in [6, 6.07) is 3.40. The maximum Gasteiger partial charge on any atom is 0.345 e. The lowest BCUT2D eigenvalue weighted by Crippen LogP contribution is -2.14. The first kappa shape index (κ1) is 22.2. The molecule has 1 aromatic carbocycles. The number of benzene rings is 1. The Morgan fingerprint density at radius 2 is 1.62 bits per heavy atom. The zero-order valence-electron chi connectivity index (χ0n) is 16.1. The molecule has 0 aromatic heterocycles. The van der Waals surface area contributed by atoms with E-state index in [1.807, 2.05) is 0 Å². The maximum atomic E-state index is 12.2. The fourth-order valence-electron chi connectivity index (χ4n) is 2.54. The first-order valence-corrected chi connectivity index (χ1v) is 8.74. The summed E-state index contributed by atoms with van der Waals surface area (Å²) in [4.78, 5) is 12.2. The van der Waals surface area contributed by atoms with E-state index < -0.39 is 12.1 Å². The Bertz CT molecular complexity index is 516. The minimum absolute atomic E-state index is 0.0315. The van der Waals surface area contributed by atoms with Crippen LogP contribution in [0.1, 0.15) is 48.5 Å². The van der Waals surface area contributed by atoms with Gasteiger partial charge in [-0.15, -0.1) is 0 Å². The monoisotopic (exact) mass is 370 g/mol. The van der Waals surface area contributed by atoms with Gasteiger partial charge >= 0.3 is 5.97 Å². The Balaban J connectivity index is 3.11. The van der Waals surface area contributed by atoms with Crippen LogP contribution in [0.3, 0.4) is 0 Å². The van der Waals surface area contributed by atoms with Crippen LogP contribution in [0.4, 0.5) is 0 Å². The summed E-state index contributed by atoms with van der Waals surface area (Å²) in [5.74, 6) is -0.0247. The second-order valence-electron chi connectivity index (χ2n) is 5.91. The van der Waals surface area contributed by atoms with Crippen LogP contribution in [0.25, 0.3) is 0 Å². The summed E-state index contributed by atoms with van der Waals surface area (Å²) >= 11 is 0. The molecule has 1 N–H and O–H groups in total. The first-order chi connectivity index (χ1) is 12.6. The predicted octanol–water partition coefficient (Wildman–Crippen LogP) is 2.92. The average molecular weight is 370 g/mol. The molecule has 0 spiro atoms. The summed E-state index contributed by atoms with van der Waals surface area (Å²) in [6.07, 6.45) is 3.83. The second kappa shape index (κ2) is 12.5. The number of carbonyl (C=O) groups is 1. The molecule has 1 aromatic rings. The number of aliphatic hydroxyl groups is 1. The molecule has 148 valence electrons. The van der Waals surface area contributed by atoms with E-state index in [9.17, 15) is 9.90 Å². The van der Waals surface area contributed by atoms with E-state index in [1.54, 1.807) is 12.1 Å². The van der Waals surface area contributed by atoms with Crippen LogP contribution < -0.4 is 9.47 Å². The van der Waals surface area contributed by atoms with E-state index in [0.29, 0.717) is 6.42 Å². The number of rotatable bonds is 13. The minimum Gasteiger partial charge on any atom is -0.467 e. The number of aliphatic hydroxyl groups excluding tert-OH is 1. The molecule has 0 aliphatic carbocycles. The Morgan fingerprint density at radius 1 is 1.04 bits per heavy atom. The lowest BCUT2D eigenvalue weighted by molar-refractivity contribution is 0.0397. The number of unbranched alkanes of at least 4 members (excludes halogenated alkanes) is 2. The highest BCUT2D eigenvalue weighted by atomic mass is 16.7. The van der Waals surface area contributed by atoms with Gasteiger partial charge in [0.15, 0.2) is 13.6 Å². The fraction of sp³-hybridized carbons (Fsp3) is 0.632. The summed E-state index contributed by atoms with van der Waals surface area (Å²) in [5, 5.41) is 10.3. The fourth-order valence-corrected chi connectivity index (χ4v) is 2.54. The third-order valence-corrected chi connectivity index (χ3v) is 3.79. The van der Waals surface area contributed by atoms with Crippen LogP contribution in [0.15, 0.2) is 12.1 Å². The zero-order chi connectivity index (χ0) is 19.4. The summed E-state index contributed by atoms with van der Waals surface area (Å²) in [7, 11) is 4.26. The quantitative estimate of drug-likeness (QED) is 0.325. The Kier molecular flexibility index (Phi) is 10.7. The van der Waals surface area contributed by atoms with Gasteiger partial charge in [-0.1, -0.05) is 26.2 Å². The van der Waals surface area contributed by atoms with Crippen molar-refractivity contribution in [3.05, 3.63) is 23.3 Å². The highest BCUT2D eigenvalue weighted by Crippen LogP contribution is 2.32. The summed E-state index contributed by atoms with van der Waals surface area (Å²) in [5.41, 5.74) is 0.949. The molecule has 7 heteroatoms. The smallest absolute Gasteiger partial charge is 0.345 e. The van der Waals surface area contributed by atoms with Crippen LogP contribution in [-0.2, 0) is 20.6 Å². The van der Waals surface area contributed by atoms with Crippen molar-refractivity contribution < 1.29 is 33.6 Å². The average Bonchev–Trinajstić information content (AvgIpc) is 2.64. The topological polar surface area (TPSA) is 83.5 Å². The first-order valence-electron chi connectivity index (χ1n) is 8.74. The van der Waals surface area contributed by atoms with Crippen molar-refractivity contribution in [3.8, 4) is 11.5 Å². The number of hydrogen-bond acceptors (Lipinski definition) is 7. The molecule has 0 fully saturated rings. The molecule has 0 aliphatic rings. The Hall–Kier alpha value is -1.83. The molecule has 7 nitrogen and oxygen atoms in total. The molecule has 26 heavy (non-hydrogen) atoms. The van der Waals surface area contributed by atoms with Crippen LogP contribution in [0.2, 0.25) is 0 Å². The van der Waals surface area contributed by atoms with Crippen molar-refractivity contribution in [1.82, 2.24) is 0 Å². The van der Waals surface area contributed by atoms with Crippen molar-refractivity contribution in [2.24, 2.45) is 0 Å². The van der Waals surface area contributed by atoms with Crippen LogP contribution in [-0.4, -0.2) is 52.1 Å². The number of hydrogen-bond donors (Lipinski definition) is 1. The van der Waals surface area contributed by atoms with E-state index in [2.05, 4.69) is 6.92 Å². The van der Waals surface area contributed by atoms with Gasteiger partial charge in [0.1, 0.15) is 17.1 Å². The lowest BCUT2D eigenvalue weighted by atomic mass is 10.0. The van der Waals surface area contributed by atoms with E-state index in [4.69, 9.17) is 23.7 Å². The third-order valence-electron chi connectivity index (χ3n) is 3.79. The van der Waals surface area contributed by atoms with Crippen molar-refractivity contribution in [2.75, 3.05) is 34.9 Å². The standard InChI is InChI=1S/C19H30O7/c1-5-6-7-8-15(20)9-14-10-16(25-12-22-2)18(19(21)24-4)17(11-14)26-13-23-3/h10-11,15,20H,5-9,12-13H2,1-4H3/t15-/m0/s1. The summed E-state index contributed by atoms with van der Waals surface area (Å²) in [6.45, 7) is 2.06. The molecule has 0 saturated carbocycles. The van der Waals surface area contributed by atoms with Crippen LogP contribution in [0, 0.1) is 0 Å². The van der Waals surface area contributed by atoms with E-state index in [1.165, 1.54) is 21.3 Å². The van der Waals surface area contributed by atoms with Crippen molar-refractivity contribution in [3.63, 3.8) is 0 Å². The van der Waals surface area contributed by atoms with Crippen LogP contribution in [0.5, 0.6) is 11.5 Å². The second-order valence-corrected chi connectivity index (χ2v) is 5.91. The molecule has 0 aliphatic heterocycles. The molecule has 0 amide bonds. The zero-order valence-corrected chi connectivity index (χ0v) is 16.1. The largest absolute Gasteiger partial charge is 0.467 e. The molecule has 0 bridgehead atoms. The van der Waals surface area contributed by atoms with Gasteiger partial charge in [0.05, 0.1) is 13.2 Å². The highest BCUT2D eigenvalue weighted by Gasteiger charge is 2.22. The van der Waals surface area contributed by atoms with Crippen molar-refractivity contribution in [2.45, 2.75) is 45.1 Å². The van der Waals surface area contributed by atoms with Gasteiger partial charge in [-0.25, -0.2) is 4.79 Å². The normalized spacial score (nSPS) is 11.9. The van der Waals surface area contributed by atoms with Gasteiger partial charge in [0, 0.05) is 14.2 Å². The summed E-state index contributed by atoms with van der Waals surface area (Å²) < 4.78 is 25.7. The van der Waals surface area contributed by atoms with E-state index >= 15 is 0 Å². The highest BCUT2D eigenvalue weighted by molar-refractivity contribution is 5.95. The molecule has 0 unspecified atom stereocenters. The lowest BCUT2D eigenvalue weighted by Gasteiger charge is -2.17. The molecule has 1 atom stereocenters. The van der Waals surface area contributed by atoms with Crippen molar-refractivity contribution in [1.29, 1.82) is 0 Å². The number of carbonyl (C=O) groups excluding carboxylic acids is 1. The van der Waals surface area contributed by atoms with Crippen LogP contribution >= 0.6 is 0 Å². The molecule has 0 saturated heterocycles. The van der Waals surface area contributed by atoms with Gasteiger partial charge in [-0.3, -0.25) is 0 Å². The Morgan fingerprint density at radius 3 is 2.08 bits per heavy atom. The predicted molar refractivity (Wildman–Crippen MR) is 96.6 cm³/mol. The molecule has 1 rings (SSSR count). The minimum atomic E-state index is -0.586.